The fraction of sp³-hybridized carbons (Fsp3) is 0.200. The highest BCUT2D eigenvalue weighted by Crippen LogP contribution is 2.44. The molecule has 6 aromatic rings. The van der Waals surface area contributed by atoms with E-state index in [0.29, 0.717) is 25.7 Å². The molecule has 0 radical (unpaired) electrons. The molecule has 20 heteroatoms. The van der Waals surface area contributed by atoms with Gasteiger partial charge in [0.25, 0.3) is 11.8 Å². The number of alkyl halides is 6. The molecule has 0 unspecified atom stereocenters. The van der Waals surface area contributed by atoms with Gasteiger partial charge in [0.05, 0.1) is 5.69 Å². The molecule has 2 N–H and O–H groups in total. The van der Waals surface area contributed by atoms with E-state index in [1.807, 2.05) is 5.32 Å². The number of carbonyl (C=O) groups is 2. The van der Waals surface area contributed by atoms with Gasteiger partial charge in [0.15, 0.2) is 23.0 Å². The molecule has 2 aliphatic carbocycles. The van der Waals surface area contributed by atoms with Gasteiger partial charge in [-0.15, -0.1) is 0 Å². The van der Waals surface area contributed by atoms with Crippen LogP contribution in [0.4, 0.5) is 64.1 Å². The summed E-state index contributed by atoms with van der Waals surface area (Å²) in [6, 6.07) is 14.1. The molecule has 0 saturated heterocycles. The lowest BCUT2D eigenvalue weighted by molar-refractivity contribution is -0.142. The second-order valence-corrected chi connectivity index (χ2v) is 13.7. The van der Waals surface area contributed by atoms with Crippen LogP contribution < -0.4 is 10.6 Å². The van der Waals surface area contributed by atoms with Crippen molar-refractivity contribution in [3.63, 3.8) is 0 Å². The van der Waals surface area contributed by atoms with E-state index in [1.54, 1.807) is 0 Å². The Kier molecular flexibility index (Phi) is 11.0. The first-order valence-corrected chi connectivity index (χ1v) is 17.7. The fourth-order valence-corrected chi connectivity index (χ4v) is 6.03. The molecular weight excluding hydrogens is 824 g/mol. The van der Waals surface area contributed by atoms with Crippen molar-refractivity contribution in [2.45, 2.75) is 49.9 Å². The van der Waals surface area contributed by atoms with Gasteiger partial charge in [-0.2, -0.15) is 36.5 Å². The molecule has 8 rings (SSSR count). The van der Waals surface area contributed by atoms with E-state index < -0.39 is 81.8 Å². The minimum atomic E-state index is -4.69. The van der Waals surface area contributed by atoms with Crippen molar-refractivity contribution in [3.05, 3.63) is 154 Å². The van der Waals surface area contributed by atoms with Gasteiger partial charge in [-0.05, 0) is 98.5 Å². The number of carbonyl (C=O) groups excluding carboxylic acids is 2. The van der Waals surface area contributed by atoms with Crippen LogP contribution in [0.1, 0.15) is 81.0 Å². The van der Waals surface area contributed by atoms with Crippen LogP contribution in [0.3, 0.4) is 0 Å². The largest absolute Gasteiger partial charge is 0.435 e. The lowest BCUT2D eigenvalue weighted by Crippen LogP contribution is -2.15. The first kappa shape index (κ1) is 41.6. The van der Waals surface area contributed by atoms with Gasteiger partial charge in [-0.25, -0.2) is 35.7 Å². The zero-order chi connectivity index (χ0) is 43.3. The number of amides is 2. The van der Waals surface area contributed by atoms with Gasteiger partial charge in [0, 0.05) is 34.4 Å². The summed E-state index contributed by atoms with van der Waals surface area (Å²) in [7, 11) is 0. The quantitative estimate of drug-likeness (QED) is 0.149. The predicted molar refractivity (Wildman–Crippen MR) is 190 cm³/mol. The second kappa shape index (κ2) is 15.9. The van der Waals surface area contributed by atoms with Crippen LogP contribution >= 0.6 is 0 Å². The van der Waals surface area contributed by atoms with Gasteiger partial charge in [0.1, 0.15) is 40.3 Å². The number of nitrogens with zero attached hydrogens (tertiary/aromatic N) is 4. The molecule has 0 bridgehead atoms. The van der Waals surface area contributed by atoms with Crippen LogP contribution in [0.5, 0.6) is 0 Å². The zero-order valence-corrected chi connectivity index (χ0v) is 30.2. The molecule has 2 aromatic heterocycles. The molecular formula is C40H26F12N6O2. The number of rotatable bonds is 8. The highest BCUT2D eigenvalue weighted by atomic mass is 19.4. The third-order valence-corrected chi connectivity index (χ3v) is 9.32. The van der Waals surface area contributed by atoms with Crippen LogP contribution in [-0.4, -0.2) is 31.4 Å². The molecule has 2 amide bonds. The van der Waals surface area contributed by atoms with Crippen molar-refractivity contribution >= 4 is 23.2 Å². The van der Waals surface area contributed by atoms with Crippen LogP contribution in [-0.2, 0) is 12.4 Å². The normalized spacial score (nSPS) is 14.1. The van der Waals surface area contributed by atoms with Crippen molar-refractivity contribution < 1.29 is 62.3 Å². The SMILES string of the molecule is O=C(Nc1c(F)cccc1F)c1ccc(-n2nc(C(F)(F)F)cc2C2CC2)c(F)c1.O=C(Nc1cccc(F)c1F)c1ccc(-n2nc(C(F)(F)F)cc2C2CC2)c(F)c1. The Balaban J connectivity index is 0.000000181. The van der Waals surface area contributed by atoms with E-state index in [2.05, 4.69) is 15.5 Å². The summed E-state index contributed by atoms with van der Waals surface area (Å²) >= 11 is 0. The van der Waals surface area contributed by atoms with Crippen molar-refractivity contribution in [2.24, 2.45) is 0 Å². The first-order chi connectivity index (χ1) is 28.3. The highest BCUT2D eigenvalue weighted by Gasteiger charge is 2.40. The Bertz CT molecular complexity index is 2610. The predicted octanol–water partition coefficient (Wildman–Crippen LogP) is 10.9. The molecule has 0 atom stereocenters. The Morgan fingerprint density at radius 1 is 0.533 bits per heavy atom. The number of nitrogens with one attached hydrogen (secondary N) is 2. The number of anilines is 2. The molecule has 0 spiro atoms. The van der Waals surface area contributed by atoms with Crippen molar-refractivity contribution in [1.29, 1.82) is 0 Å². The van der Waals surface area contributed by atoms with E-state index in [0.717, 1.165) is 88.2 Å². The summed E-state index contributed by atoms with van der Waals surface area (Å²) in [6.07, 6.45) is -6.69. The molecule has 2 heterocycles. The lowest BCUT2D eigenvalue weighted by Gasteiger charge is -2.11. The Hall–Kier alpha value is -6.60. The number of hydrogen-bond acceptors (Lipinski definition) is 4. The number of benzene rings is 4. The third kappa shape index (κ3) is 8.86. The summed E-state index contributed by atoms with van der Waals surface area (Å²) in [4.78, 5) is 24.5. The zero-order valence-electron chi connectivity index (χ0n) is 30.2. The van der Waals surface area contributed by atoms with E-state index in [-0.39, 0.29) is 45.7 Å². The standard InChI is InChI=1S/2C20H13F6N3O/c21-12-2-1-3-14(18(12)23)27-19(30)11-6-7-15(13(22)8-11)29-16(10-4-5-10)9-17(28-29)20(24,25)26;21-12-2-1-3-13(22)18(12)27-19(30)11-6-7-15(14(23)8-11)29-16(10-4-5-10)9-17(28-29)20(24,25)26/h2*1-3,6-10H,4-5H2,(H,27,30). The van der Waals surface area contributed by atoms with Crippen LogP contribution in [0.25, 0.3) is 11.4 Å². The van der Waals surface area contributed by atoms with Crippen molar-refractivity contribution in [1.82, 2.24) is 19.6 Å². The molecule has 8 nitrogen and oxygen atoms in total. The Labute approximate surface area is 330 Å². The molecule has 0 aliphatic heterocycles. The Morgan fingerprint density at radius 2 is 0.950 bits per heavy atom. The highest BCUT2D eigenvalue weighted by molar-refractivity contribution is 6.05. The topological polar surface area (TPSA) is 93.8 Å². The number of aromatic nitrogens is 4. The second-order valence-electron chi connectivity index (χ2n) is 13.7. The van der Waals surface area contributed by atoms with Gasteiger partial charge in [0.2, 0.25) is 0 Å². The molecule has 2 saturated carbocycles. The maximum atomic E-state index is 14.7. The maximum Gasteiger partial charge on any atom is 0.435 e. The molecule has 2 fully saturated rings. The molecule has 2 aliphatic rings. The number of halogens is 12. The summed E-state index contributed by atoms with van der Waals surface area (Å²) in [5.74, 6) is -8.64. The molecule has 4 aromatic carbocycles. The van der Waals surface area contributed by atoms with Gasteiger partial charge >= 0.3 is 12.4 Å². The van der Waals surface area contributed by atoms with Gasteiger partial charge in [-0.1, -0.05) is 12.1 Å². The smallest absolute Gasteiger partial charge is 0.319 e. The van der Waals surface area contributed by atoms with E-state index in [4.69, 9.17) is 0 Å². The minimum absolute atomic E-state index is 0.146. The summed E-state index contributed by atoms with van der Waals surface area (Å²) in [5, 5.41) is 11.1. The summed E-state index contributed by atoms with van der Waals surface area (Å²) in [5.41, 5.74) is -3.93. The average molecular weight is 851 g/mol. The van der Waals surface area contributed by atoms with Gasteiger partial charge < -0.3 is 10.6 Å². The van der Waals surface area contributed by atoms with E-state index in [9.17, 15) is 62.3 Å². The van der Waals surface area contributed by atoms with E-state index in [1.165, 1.54) is 6.07 Å². The summed E-state index contributed by atoms with van der Waals surface area (Å²) in [6.45, 7) is 0. The van der Waals surface area contributed by atoms with Crippen LogP contribution in [0, 0.1) is 34.9 Å². The van der Waals surface area contributed by atoms with Crippen molar-refractivity contribution in [3.8, 4) is 11.4 Å². The third-order valence-electron chi connectivity index (χ3n) is 9.32. The monoisotopic (exact) mass is 850 g/mol. The molecule has 312 valence electrons. The van der Waals surface area contributed by atoms with Gasteiger partial charge in [-0.3, -0.25) is 9.59 Å². The summed E-state index contributed by atoms with van der Waals surface area (Å²) < 4.78 is 164. The Morgan fingerprint density at radius 3 is 1.37 bits per heavy atom. The van der Waals surface area contributed by atoms with Crippen molar-refractivity contribution in [2.75, 3.05) is 10.6 Å². The van der Waals surface area contributed by atoms with Crippen LogP contribution in [0.15, 0.2) is 84.9 Å². The lowest BCUT2D eigenvalue weighted by atomic mass is 10.1. The van der Waals surface area contributed by atoms with E-state index >= 15 is 0 Å². The number of para-hydroxylation sites is 1. The average Bonchev–Trinajstić information content (AvgIpc) is 4.12. The maximum absolute atomic E-state index is 14.7. The minimum Gasteiger partial charge on any atom is -0.319 e. The molecule has 60 heavy (non-hydrogen) atoms. The number of hydrogen-bond donors (Lipinski definition) is 2. The first-order valence-electron chi connectivity index (χ1n) is 17.7. The fourth-order valence-electron chi connectivity index (χ4n) is 6.03. The van der Waals surface area contributed by atoms with Crippen LogP contribution in [0.2, 0.25) is 0 Å².